The van der Waals surface area contributed by atoms with Crippen molar-refractivity contribution in [3.63, 3.8) is 0 Å². The van der Waals surface area contributed by atoms with E-state index < -0.39 is 18.7 Å². The lowest BCUT2D eigenvalue weighted by molar-refractivity contribution is -0.141. The van der Waals surface area contributed by atoms with E-state index in [0.717, 1.165) is 54.2 Å². The Kier molecular flexibility index (Phi) is 10.4. The molecule has 10 heteroatoms. The minimum absolute atomic E-state index is 0.00221. The van der Waals surface area contributed by atoms with Crippen molar-refractivity contribution in [3.05, 3.63) is 178 Å². The number of rotatable bonds is 8. The first-order valence-corrected chi connectivity index (χ1v) is 22.0. The second-order valence-corrected chi connectivity index (χ2v) is 17.3. The summed E-state index contributed by atoms with van der Waals surface area (Å²) in [7, 11) is -1.04. The molecule has 62 heavy (non-hydrogen) atoms. The molecule has 2 N–H and O–H groups in total. The standard InChI is InChI=1S/C52H50BN3O6/c1-2-35-17-20-47-46(30-35)51(34-60-47)23-27-56(28-24-51)49(58)45-16-8-11-39-32-43(18-19-44(39)45)53-61-50(59)52(62-53,41-13-4-3-5-14-41)42-15-7-12-40(31-42)48(57)55-25-21-37(22-26-55)38-10-6-9-36(29-38)33-54/h3-20,29-32,37H,2,21-28,33-34,54H2,1H3/t52-/m1/s1. The molecular formula is C52H50BN3O6. The van der Waals surface area contributed by atoms with E-state index in [1.54, 1.807) is 12.1 Å². The highest BCUT2D eigenvalue weighted by atomic mass is 16.7. The number of hydrogen-bond donors (Lipinski definition) is 1. The normalized spacial score (nSPS) is 19.7. The summed E-state index contributed by atoms with van der Waals surface area (Å²) in [4.78, 5) is 46.5. The average Bonchev–Trinajstić information content (AvgIpc) is 3.88. The largest absolute Gasteiger partial charge is 0.566 e. The number of carbonyl (C=O) groups is 3. The van der Waals surface area contributed by atoms with Gasteiger partial charge in [-0.25, -0.2) is 4.79 Å². The van der Waals surface area contributed by atoms with Crippen molar-refractivity contribution in [3.8, 4) is 5.75 Å². The molecule has 4 aliphatic rings. The molecule has 0 aromatic heterocycles. The van der Waals surface area contributed by atoms with E-state index in [1.165, 1.54) is 16.7 Å². The van der Waals surface area contributed by atoms with Crippen LogP contribution in [-0.2, 0) is 38.1 Å². The van der Waals surface area contributed by atoms with Gasteiger partial charge >= 0.3 is 13.1 Å². The molecule has 0 aliphatic carbocycles. The summed E-state index contributed by atoms with van der Waals surface area (Å²) in [5.41, 5.74) is 12.1. The Morgan fingerprint density at radius 1 is 0.742 bits per heavy atom. The number of likely N-dealkylation sites (tertiary alicyclic amines) is 2. The van der Waals surface area contributed by atoms with E-state index in [0.29, 0.717) is 73.0 Å². The quantitative estimate of drug-likeness (QED) is 0.157. The summed E-state index contributed by atoms with van der Waals surface area (Å²) in [6.07, 6.45) is 4.39. The number of amides is 2. The Balaban J connectivity index is 0.878. The van der Waals surface area contributed by atoms with E-state index in [-0.39, 0.29) is 17.2 Å². The molecule has 3 fully saturated rings. The number of benzene rings is 6. The van der Waals surface area contributed by atoms with Crippen molar-refractivity contribution in [2.24, 2.45) is 5.73 Å². The van der Waals surface area contributed by atoms with Gasteiger partial charge in [0, 0.05) is 54.8 Å². The zero-order chi connectivity index (χ0) is 42.4. The summed E-state index contributed by atoms with van der Waals surface area (Å²) in [6, 6.07) is 43.0. The lowest BCUT2D eigenvalue weighted by Gasteiger charge is -2.38. The lowest BCUT2D eigenvalue weighted by Crippen LogP contribution is -2.46. The summed E-state index contributed by atoms with van der Waals surface area (Å²) in [6.45, 7) is 5.88. The third-order valence-corrected chi connectivity index (χ3v) is 13.9. The van der Waals surface area contributed by atoms with E-state index in [9.17, 15) is 14.4 Å². The van der Waals surface area contributed by atoms with Crippen molar-refractivity contribution < 1.29 is 28.4 Å². The van der Waals surface area contributed by atoms with Gasteiger partial charge in [-0.05, 0) is 106 Å². The first kappa shape index (κ1) is 39.9. The van der Waals surface area contributed by atoms with Crippen LogP contribution in [0.3, 0.4) is 0 Å². The predicted octanol–water partition coefficient (Wildman–Crippen LogP) is 7.66. The van der Waals surface area contributed by atoms with Crippen LogP contribution >= 0.6 is 0 Å². The van der Waals surface area contributed by atoms with Crippen LogP contribution in [-0.4, -0.2) is 67.5 Å². The van der Waals surface area contributed by atoms with Crippen molar-refractivity contribution in [2.75, 3.05) is 32.8 Å². The Morgan fingerprint density at radius 2 is 1.50 bits per heavy atom. The second-order valence-electron chi connectivity index (χ2n) is 17.3. The molecule has 9 nitrogen and oxygen atoms in total. The molecule has 1 atom stereocenters. The monoisotopic (exact) mass is 823 g/mol. The van der Waals surface area contributed by atoms with Gasteiger partial charge in [-0.1, -0.05) is 116 Å². The maximum Gasteiger partial charge on any atom is 0.566 e. The third-order valence-electron chi connectivity index (χ3n) is 13.9. The summed E-state index contributed by atoms with van der Waals surface area (Å²) in [5, 5.41) is 1.66. The van der Waals surface area contributed by atoms with Crippen molar-refractivity contribution in [2.45, 2.75) is 62.5 Å². The highest BCUT2D eigenvalue weighted by Crippen LogP contribution is 2.46. The maximum atomic E-state index is 14.3. The van der Waals surface area contributed by atoms with Crippen LogP contribution in [0, 0.1) is 0 Å². The van der Waals surface area contributed by atoms with Gasteiger partial charge < -0.3 is 29.6 Å². The van der Waals surface area contributed by atoms with Gasteiger partial charge in [-0.3, -0.25) is 9.59 Å². The molecule has 6 aromatic rings. The molecule has 312 valence electrons. The molecule has 10 rings (SSSR count). The topological polar surface area (TPSA) is 111 Å². The Labute approximate surface area is 362 Å². The summed E-state index contributed by atoms with van der Waals surface area (Å²) in [5.74, 6) is 0.692. The van der Waals surface area contributed by atoms with Gasteiger partial charge in [0.05, 0.1) is 6.61 Å². The Bertz CT molecular complexity index is 2690. The molecular weight excluding hydrogens is 773 g/mol. The summed E-state index contributed by atoms with van der Waals surface area (Å²) >= 11 is 0. The molecule has 4 aliphatic heterocycles. The van der Waals surface area contributed by atoms with Gasteiger partial charge in [0.2, 0.25) is 5.60 Å². The Morgan fingerprint density at radius 3 is 2.29 bits per heavy atom. The molecule has 0 saturated carbocycles. The molecule has 2 amide bonds. The van der Waals surface area contributed by atoms with E-state index in [4.69, 9.17) is 19.8 Å². The molecule has 0 unspecified atom stereocenters. The number of piperidine rings is 2. The van der Waals surface area contributed by atoms with Crippen LogP contribution in [0.2, 0.25) is 0 Å². The fraction of sp³-hybridized carbons (Fsp3) is 0.288. The zero-order valence-corrected chi connectivity index (χ0v) is 35.1. The van der Waals surface area contributed by atoms with Crippen molar-refractivity contribution >= 4 is 41.1 Å². The van der Waals surface area contributed by atoms with E-state index in [1.807, 2.05) is 94.7 Å². The van der Waals surface area contributed by atoms with Crippen LogP contribution in [0.5, 0.6) is 5.75 Å². The average molecular weight is 824 g/mol. The smallest absolute Gasteiger partial charge is 0.503 e. The number of nitrogens with zero attached hydrogens (tertiary/aromatic N) is 2. The van der Waals surface area contributed by atoms with E-state index >= 15 is 0 Å². The predicted molar refractivity (Wildman–Crippen MR) is 241 cm³/mol. The van der Waals surface area contributed by atoms with Crippen LogP contribution in [0.1, 0.15) is 92.6 Å². The van der Waals surface area contributed by atoms with Crippen molar-refractivity contribution in [1.29, 1.82) is 0 Å². The number of carbonyl (C=O) groups excluding carboxylic acids is 3. The first-order chi connectivity index (χ1) is 30.3. The summed E-state index contributed by atoms with van der Waals surface area (Å²) < 4.78 is 19.1. The van der Waals surface area contributed by atoms with Gasteiger partial charge in [0.15, 0.2) is 0 Å². The molecule has 1 spiro atoms. The zero-order valence-electron chi connectivity index (χ0n) is 35.1. The number of ether oxygens (including phenoxy) is 1. The van der Waals surface area contributed by atoms with Gasteiger partial charge in [0.1, 0.15) is 5.75 Å². The van der Waals surface area contributed by atoms with Gasteiger partial charge in [-0.2, -0.15) is 0 Å². The van der Waals surface area contributed by atoms with Gasteiger partial charge in [-0.15, -0.1) is 0 Å². The van der Waals surface area contributed by atoms with Crippen LogP contribution in [0.25, 0.3) is 10.8 Å². The number of aryl methyl sites for hydroxylation is 1. The van der Waals surface area contributed by atoms with Crippen molar-refractivity contribution in [1.82, 2.24) is 9.80 Å². The Hall–Kier alpha value is -6.23. The molecule has 6 aromatic carbocycles. The minimum Gasteiger partial charge on any atom is -0.503 e. The van der Waals surface area contributed by atoms with Gasteiger partial charge in [0.25, 0.3) is 11.8 Å². The minimum atomic E-state index is -1.62. The van der Waals surface area contributed by atoms with Crippen LogP contribution < -0.4 is 15.9 Å². The number of hydrogen-bond acceptors (Lipinski definition) is 7. The second kappa shape index (κ2) is 16.2. The fourth-order valence-corrected chi connectivity index (χ4v) is 10.2. The molecule has 4 heterocycles. The highest BCUT2D eigenvalue weighted by Gasteiger charge is 2.56. The molecule has 0 radical (unpaired) electrons. The number of nitrogens with two attached hydrogens (primary N) is 1. The van der Waals surface area contributed by atoms with E-state index in [2.05, 4.69) is 43.3 Å². The highest BCUT2D eigenvalue weighted by molar-refractivity contribution is 6.65. The van der Waals surface area contributed by atoms with Crippen LogP contribution in [0.15, 0.2) is 133 Å². The SMILES string of the molecule is CCc1ccc2c(c1)C1(CCN(C(=O)c3cccc4cc(B5OC(=O)[C@@](c6ccccc6)(c6cccc(C(=O)N7CCC(c8cccc(CN)c8)CC7)c6)O5)ccc34)CC1)CO2. The fourth-order valence-electron chi connectivity index (χ4n) is 10.2. The lowest BCUT2D eigenvalue weighted by atomic mass is 9.74. The molecule has 3 saturated heterocycles. The molecule has 0 bridgehead atoms. The number of fused-ring (bicyclic) bond motifs is 3. The van der Waals surface area contributed by atoms with Crippen LogP contribution in [0.4, 0.5) is 0 Å². The third kappa shape index (κ3) is 6.95. The maximum absolute atomic E-state index is 14.3. The first-order valence-electron chi connectivity index (χ1n) is 22.0.